The average Bonchev–Trinajstić information content (AvgIpc) is 4.19. The van der Waals surface area contributed by atoms with Gasteiger partial charge < -0.3 is 46.7 Å². The van der Waals surface area contributed by atoms with Crippen LogP contribution in [0.2, 0.25) is 0 Å². The van der Waals surface area contributed by atoms with E-state index in [4.69, 9.17) is 15.2 Å². The number of carboxylic acids is 2. The predicted octanol–water partition coefficient (Wildman–Crippen LogP) is 6.04. The number of unbranched alkanes of at least 4 members (excludes halogenated alkanes) is 13. The van der Waals surface area contributed by atoms with Gasteiger partial charge in [-0.25, -0.2) is 13.2 Å². The fourth-order valence-corrected chi connectivity index (χ4v) is 9.84. The zero-order valence-electron chi connectivity index (χ0n) is 50.9. The number of H-pyrrole nitrogens is 1. The van der Waals surface area contributed by atoms with Crippen molar-refractivity contribution in [3.05, 3.63) is 41.2 Å². The average molecular weight is 1250 g/mol. The largest absolute Gasteiger partial charge is 0.481 e. The van der Waals surface area contributed by atoms with E-state index < -0.39 is 75.3 Å². The van der Waals surface area contributed by atoms with Gasteiger partial charge in [-0.3, -0.25) is 47.9 Å². The summed E-state index contributed by atoms with van der Waals surface area (Å²) in [6, 6.07) is 5.29. The Bertz CT molecular complexity index is 2410. The van der Waals surface area contributed by atoms with Gasteiger partial charge in [0.1, 0.15) is 30.3 Å². The summed E-state index contributed by atoms with van der Waals surface area (Å²) in [5, 5.41) is 43.1. The zero-order valence-corrected chi connectivity index (χ0v) is 51.8. The third kappa shape index (κ3) is 44.4. The molecule has 0 saturated carbocycles. The first-order valence-electron chi connectivity index (χ1n) is 30.6. The number of nitrogens with zero attached hydrogens (tertiary/aromatic N) is 3. The molecule has 10 N–H and O–H groups in total. The van der Waals surface area contributed by atoms with Gasteiger partial charge in [-0.1, -0.05) is 108 Å². The summed E-state index contributed by atoms with van der Waals surface area (Å²) in [4.78, 5) is 119. The van der Waals surface area contributed by atoms with Crippen LogP contribution in [0.4, 0.5) is 0 Å². The molecule has 6 amide bonds. The summed E-state index contributed by atoms with van der Waals surface area (Å²) in [7, 11) is -3.88. The first-order chi connectivity index (χ1) is 41.2. The quantitative estimate of drug-likeness (QED) is 0.0341. The highest BCUT2D eigenvalue weighted by atomic mass is 32.2. The van der Waals surface area contributed by atoms with Crippen LogP contribution in [-0.4, -0.2) is 156 Å². The number of aryl methyl sites for hydroxylation is 2. The molecule has 2 rings (SSSR count). The minimum absolute atomic E-state index is 0. The second-order valence-electron chi connectivity index (χ2n) is 21.3. The van der Waals surface area contributed by atoms with Crippen molar-refractivity contribution in [3.8, 4) is 0 Å². The van der Waals surface area contributed by atoms with Gasteiger partial charge in [0, 0.05) is 76.6 Å². The van der Waals surface area contributed by atoms with Gasteiger partial charge in [-0.15, -0.1) is 10.2 Å². The molecule has 0 aliphatic carbocycles. The smallest absolute Gasteiger partial charge is 0.326 e. The Morgan fingerprint density at radius 2 is 1.20 bits per heavy atom. The number of hydrogen-bond donors (Lipinski definition) is 9. The monoisotopic (exact) mass is 1250 g/mol. The maximum absolute atomic E-state index is 12.4. The molecule has 0 aliphatic heterocycles. The Hall–Kier alpha value is -6.74. The molecule has 0 fully saturated rings. The van der Waals surface area contributed by atoms with Crippen molar-refractivity contribution < 1.29 is 76.0 Å². The number of primary amides is 1. The van der Waals surface area contributed by atoms with Gasteiger partial charge >= 0.3 is 11.9 Å². The first-order valence-corrected chi connectivity index (χ1v) is 32.2. The van der Waals surface area contributed by atoms with E-state index in [0.717, 1.165) is 49.9 Å². The molecule has 1 aromatic carbocycles. The molecular formula is C60H102N10O16S. The standard InChI is InChI=1S/C39H67N7O11S.C20H31N3O5.CH4/c1-2-18-31(47)24-25-33(39(54)55)41-36(50)26-23-30(38(52)53)29-32(48)19-16-27-40-35(49)22-17-28-58(56,57)44-37(51)21-15-13-11-9-7-5-3-4-6-8-10-12-14-20-34-42-45-46-43-34;1-3-27-12-13-28-14-18(24)23-17(19(21)25)6-4-5-11-22-20(26)16-9-7-15(2)8-10-16;/h30,33H,2-29H2,1H3,(H,40,49)(H,41,50)(H,44,51)(H,52,53)(H,54,55)(H,42,43,45,46);7-10,17H,3-6,11-14H2,1-2H3,(H2,21,25)(H,22,26)(H,23,24);1H4/t30-,33?;17-;/m10./s1. The minimum atomic E-state index is -3.88. The van der Waals surface area contributed by atoms with E-state index in [1.807, 2.05) is 32.9 Å². The molecule has 1 heterocycles. The molecule has 0 aliphatic rings. The lowest BCUT2D eigenvalue weighted by Crippen LogP contribution is -2.45. The van der Waals surface area contributed by atoms with Crippen LogP contribution in [0.3, 0.4) is 0 Å². The van der Waals surface area contributed by atoms with Crippen LogP contribution in [0.1, 0.15) is 223 Å². The number of ketones is 2. The van der Waals surface area contributed by atoms with Crippen LogP contribution in [0.25, 0.3) is 0 Å². The highest BCUT2D eigenvalue weighted by Gasteiger charge is 2.25. The number of hydrogen-bond acceptors (Lipinski definition) is 17. The molecule has 494 valence electrons. The van der Waals surface area contributed by atoms with Crippen molar-refractivity contribution in [2.75, 3.05) is 45.3 Å². The number of carbonyl (C=O) groups is 10. The van der Waals surface area contributed by atoms with E-state index in [-0.39, 0.29) is 102 Å². The predicted molar refractivity (Wildman–Crippen MR) is 327 cm³/mol. The molecule has 0 spiro atoms. The summed E-state index contributed by atoms with van der Waals surface area (Å²) in [5.74, 6) is -6.67. The van der Waals surface area contributed by atoms with Crippen molar-refractivity contribution in [2.24, 2.45) is 11.7 Å². The molecular weight excluding hydrogens is 1150 g/mol. The second-order valence-corrected chi connectivity index (χ2v) is 23.2. The number of aliphatic carboxylic acids is 2. The van der Waals surface area contributed by atoms with Gasteiger partial charge in [-0.2, -0.15) is 5.21 Å². The molecule has 0 bridgehead atoms. The Labute approximate surface area is 514 Å². The number of aromatic nitrogens is 4. The lowest BCUT2D eigenvalue weighted by atomic mass is 9.95. The van der Waals surface area contributed by atoms with Crippen LogP contribution < -0.4 is 31.7 Å². The Balaban J connectivity index is 0.00000213. The molecule has 87 heavy (non-hydrogen) atoms. The minimum Gasteiger partial charge on any atom is -0.481 e. The number of ether oxygens (including phenoxy) is 2. The third-order valence-electron chi connectivity index (χ3n) is 13.7. The highest BCUT2D eigenvalue weighted by molar-refractivity contribution is 7.90. The number of benzene rings is 1. The van der Waals surface area contributed by atoms with Crippen LogP contribution in [0.15, 0.2) is 24.3 Å². The number of rotatable bonds is 52. The third-order valence-corrected chi connectivity index (χ3v) is 15.0. The lowest BCUT2D eigenvalue weighted by Gasteiger charge is -2.16. The van der Waals surface area contributed by atoms with E-state index in [9.17, 15) is 66.6 Å². The number of carboxylic acid groups (broad SMARTS) is 2. The van der Waals surface area contributed by atoms with E-state index >= 15 is 0 Å². The van der Waals surface area contributed by atoms with Crippen molar-refractivity contribution >= 4 is 69.0 Å². The van der Waals surface area contributed by atoms with Crippen LogP contribution in [0, 0.1) is 12.8 Å². The summed E-state index contributed by atoms with van der Waals surface area (Å²) < 4.78 is 36.9. The number of nitrogens with two attached hydrogens (primary N) is 1. The maximum atomic E-state index is 12.4. The van der Waals surface area contributed by atoms with Crippen LogP contribution >= 0.6 is 0 Å². The summed E-state index contributed by atoms with van der Waals surface area (Å²) in [6.07, 6.45) is 17.1. The van der Waals surface area contributed by atoms with E-state index in [1.54, 1.807) is 12.1 Å². The van der Waals surface area contributed by atoms with Crippen LogP contribution in [-0.2, 0) is 69.1 Å². The Morgan fingerprint density at radius 3 is 1.78 bits per heavy atom. The number of carbonyl (C=O) groups excluding carboxylic acids is 8. The fourth-order valence-electron chi connectivity index (χ4n) is 8.76. The SMILES string of the molecule is C.CCCC(=O)CCC(NC(=O)CC[C@H](CC(=O)CCCNC(=O)CCCS(=O)(=O)NC(=O)CCCCCCCCCCCCCCCc1nn[nH]n1)C(=O)O)C(=O)O.CCOCCOCC(=O)N[C@@H](CCCCNC(=O)c1ccc(C)cc1)C(N)=O. The van der Waals surface area contributed by atoms with Crippen molar-refractivity contribution in [1.29, 1.82) is 0 Å². The maximum Gasteiger partial charge on any atom is 0.326 e. The van der Waals surface area contributed by atoms with Crippen LogP contribution in [0.5, 0.6) is 0 Å². The number of amides is 6. The molecule has 2 aromatic rings. The Kier molecular flexibility index (Phi) is 46.4. The summed E-state index contributed by atoms with van der Waals surface area (Å²) in [5.41, 5.74) is 7.05. The number of aromatic amines is 1. The number of Topliss-reactive ketones (excluding diaryl/α,β-unsaturated/α-hetero) is 2. The van der Waals surface area contributed by atoms with Crippen molar-refractivity contribution in [3.63, 3.8) is 0 Å². The molecule has 0 saturated heterocycles. The molecule has 27 heteroatoms. The fraction of sp³-hybridized carbons (Fsp3) is 0.717. The van der Waals surface area contributed by atoms with Crippen molar-refractivity contribution in [2.45, 2.75) is 226 Å². The van der Waals surface area contributed by atoms with Gasteiger partial charge in [0.05, 0.1) is 24.9 Å². The zero-order chi connectivity index (χ0) is 63.8. The van der Waals surface area contributed by atoms with E-state index in [2.05, 4.69) is 46.6 Å². The second kappa shape index (κ2) is 50.3. The van der Waals surface area contributed by atoms with Crippen molar-refractivity contribution in [1.82, 2.24) is 46.6 Å². The van der Waals surface area contributed by atoms with E-state index in [1.165, 1.54) is 44.9 Å². The summed E-state index contributed by atoms with van der Waals surface area (Å²) in [6.45, 7) is 7.40. The molecule has 3 atom stereocenters. The topological polar surface area (TPSA) is 404 Å². The Morgan fingerprint density at radius 1 is 0.598 bits per heavy atom. The number of tetrazole rings is 1. The molecule has 1 unspecified atom stereocenters. The molecule has 0 radical (unpaired) electrons. The molecule has 26 nitrogen and oxygen atoms in total. The number of nitrogens with one attached hydrogen (secondary N) is 6. The van der Waals surface area contributed by atoms with E-state index in [0.29, 0.717) is 70.5 Å². The summed E-state index contributed by atoms with van der Waals surface area (Å²) >= 11 is 0. The van der Waals surface area contributed by atoms with Gasteiger partial charge in [0.25, 0.3) is 5.91 Å². The normalized spacial score (nSPS) is 12.0. The lowest BCUT2D eigenvalue weighted by molar-refractivity contribution is -0.145. The van der Waals surface area contributed by atoms with Gasteiger partial charge in [-0.05, 0) is 90.2 Å². The van der Waals surface area contributed by atoms with Gasteiger partial charge in [0.15, 0.2) is 5.82 Å². The first kappa shape index (κ1) is 80.3. The molecule has 1 aromatic heterocycles. The number of sulfonamides is 1. The highest BCUT2D eigenvalue weighted by Crippen LogP contribution is 2.16. The van der Waals surface area contributed by atoms with Gasteiger partial charge in [0.2, 0.25) is 39.6 Å².